The van der Waals surface area contributed by atoms with E-state index in [1.165, 1.54) is 14.0 Å². The Morgan fingerprint density at radius 2 is 1.62 bits per heavy atom. The predicted molar refractivity (Wildman–Crippen MR) is 253 cm³/mol. The van der Waals surface area contributed by atoms with Gasteiger partial charge in [-0.15, -0.1) is 0 Å². The molecule has 7 N–H and O–H groups in total. The van der Waals surface area contributed by atoms with E-state index in [0.717, 1.165) is 11.3 Å². The second-order valence-electron chi connectivity index (χ2n) is 20.3. The van der Waals surface area contributed by atoms with Gasteiger partial charge in [0.1, 0.15) is 30.0 Å². The number of nitrogens with one attached hydrogen (secondary N) is 2. The van der Waals surface area contributed by atoms with Crippen LogP contribution in [0.1, 0.15) is 107 Å². The Morgan fingerprint density at radius 1 is 0.969 bits per heavy atom. The highest BCUT2D eigenvalue weighted by Gasteiger charge is 2.53. The lowest BCUT2D eigenvalue weighted by Gasteiger charge is -2.48. The fourth-order valence-electron chi connectivity index (χ4n) is 10.2. The number of anilines is 1. The van der Waals surface area contributed by atoms with Crippen molar-refractivity contribution >= 4 is 29.0 Å². The van der Waals surface area contributed by atoms with Gasteiger partial charge in [-0.2, -0.15) is 0 Å². The third kappa shape index (κ3) is 14.0. The summed E-state index contributed by atoms with van der Waals surface area (Å²) in [6, 6.07) is 7.00. The first-order chi connectivity index (χ1) is 30.3. The fourth-order valence-corrected chi connectivity index (χ4v) is 10.4. The lowest BCUT2D eigenvalue weighted by atomic mass is 9.77. The minimum absolute atomic E-state index is 0.113. The number of hydrogen-bond donors (Lipinski definition) is 7. The number of nitrogens with zero attached hydrogens (tertiary/aromatic N) is 2. The smallest absolute Gasteiger partial charge is 0.311 e. The predicted octanol–water partition coefficient (Wildman–Crippen LogP) is 3.96. The second kappa shape index (κ2) is 23.5. The monoisotopic (exact) mass is 941 g/mol. The third-order valence-electron chi connectivity index (χ3n) is 14.3. The maximum Gasteiger partial charge on any atom is 0.311 e. The van der Waals surface area contributed by atoms with E-state index >= 15 is 0 Å². The zero-order valence-corrected chi connectivity index (χ0v) is 42.3. The number of thiocarbonyl (C=S) groups is 1. The van der Waals surface area contributed by atoms with Crippen molar-refractivity contribution in [1.29, 1.82) is 0 Å². The number of carbonyl (C=O) groups excluding carboxylic acids is 1. The molecule has 374 valence electrons. The molecule has 0 aromatic heterocycles. The van der Waals surface area contributed by atoms with Crippen LogP contribution in [0.3, 0.4) is 0 Å². The van der Waals surface area contributed by atoms with E-state index in [9.17, 15) is 30.3 Å². The molecular weight excluding hydrogens is 857 g/mol. The van der Waals surface area contributed by atoms with Crippen molar-refractivity contribution in [2.75, 3.05) is 46.2 Å². The summed E-state index contributed by atoms with van der Waals surface area (Å²) in [5.74, 6) is -2.77. The Labute approximate surface area is 394 Å². The standard InChI is InChI=1S/C48H84N4O12S/c1-15-36-48(11,58)40(54)32(7)52(22-16-21-49-45(65)50-34-19-17-27(2)18-20-34)26-28(3)24-46(9,57)42(64-44-38(53)35(51(12)13)23-29(4)60-44)30(5)39(31(6)43(56)62-36)63-37-25-47(10,59-14)41(55)33(8)61-37/h17-20,28-33,35-42,44,53-55,57-58H,15-16,21-26H2,1-14H3,(H2,49,50,65)/t28-,29-,30+,31-,32-,33+,35+,36-,37+,38-,39+,40-,41+,42-,44+,46-,47-,48-/m1/s1. The van der Waals surface area contributed by atoms with Crippen molar-refractivity contribution in [2.45, 2.75) is 199 Å². The van der Waals surface area contributed by atoms with Crippen LogP contribution in [0.2, 0.25) is 0 Å². The Morgan fingerprint density at radius 3 is 2.22 bits per heavy atom. The molecule has 0 bridgehead atoms. The first-order valence-electron chi connectivity index (χ1n) is 23.6. The van der Waals surface area contributed by atoms with Crippen LogP contribution < -0.4 is 10.6 Å². The van der Waals surface area contributed by atoms with Crippen molar-refractivity contribution in [2.24, 2.45) is 17.8 Å². The summed E-state index contributed by atoms with van der Waals surface area (Å²) in [6.07, 6.45) is -8.11. The molecule has 0 unspecified atom stereocenters. The average molecular weight is 941 g/mol. The molecule has 18 atom stereocenters. The minimum Gasteiger partial charge on any atom is -0.459 e. The molecule has 3 saturated heterocycles. The van der Waals surface area contributed by atoms with Gasteiger partial charge in [-0.25, -0.2) is 0 Å². The van der Waals surface area contributed by atoms with Crippen LogP contribution in [0, 0.1) is 24.7 Å². The van der Waals surface area contributed by atoms with E-state index in [-0.39, 0.29) is 37.3 Å². The van der Waals surface area contributed by atoms with E-state index in [0.29, 0.717) is 37.6 Å². The Bertz CT molecular complexity index is 1660. The number of ether oxygens (including phenoxy) is 6. The molecule has 0 aliphatic carbocycles. The number of aryl methyl sites for hydroxylation is 1. The van der Waals surface area contributed by atoms with Crippen LogP contribution in [0.5, 0.6) is 0 Å². The summed E-state index contributed by atoms with van der Waals surface area (Å²) in [4.78, 5) is 18.5. The highest BCUT2D eigenvalue weighted by atomic mass is 32.1. The first-order valence-corrected chi connectivity index (χ1v) is 24.0. The van der Waals surface area contributed by atoms with Gasteiger partial charge in [-0.3, -0.25) is 9.69 Å². The number of hydrogen-bond acceptors (Lipinski definition) is 15. The molecule has 3 heterocycles. The molecule has 16 nitrogen and oxygen atoms in total. The van der Waals surface area contributed by atoms with Crippen LogP contribution >= 0.6 is 12.2 Å². The number of aliphatic hydroxyl groups is 5. The number of carbonyl (C=O) groups is 1. The van der Waals surface area contributed by atoms with Gasteiger partial charge in [0.05, 0.1) is 41.5 Å². The van der Waals surface area contributed by atoms with Crippen LogP contribution in [0.4, 0.5) is 5.69 Å². The fraction of sp³-hybridized carbons (Fsp3) is 0.833. The number of rotatable bonds is 12. The van der Waals surface area contributed by atoms with Crippen LogP contribution in [0.15, 0.2) is 24.3 Å². The Kier molecular flexibility index (Phi) is 20.0. The molecular formula is C48H84N4O12S. The summed E-state index contributed by atoms with van der Waals surface area (Å²) in [6.45, 7) is 21.1. The lowest BCUT2D eigenvalue weighted by molar-refractivity contribution is -0.318. The van der Waals surface area contributed by atoms with Gasteiger partial charge in [0.25, 0.3) is 0 Å². The molecule has 0 amide bonds. The Hall–Kier alpha value is -2.10. The second-order valence-corrected chi connectivity index (χ2v) is 20.7. The van der Waals surface area contributed by atoms with Gasteiger partial charge >= 0.3 is 5.97 Å². The normalized spacial score (nSPS) is 41.8. The Balaban J connectivity index is 1.74. The number of likely N-dealkylation sites (N-methyl/N-ethyl adjacent to an activating group) is 1. The average Bonchev–Trinajstić information content (AvgIpc) is 3.23. The first kappa shape index (κ1) is 55.5. The van der Waals surface area contributed by atoms with Crippen molar-refractivity contribution in [1.82, 2.24) is 15.1 Å². The zero-order valence-electron chi connectivity index (χ0n) is 41.5. The van der Waals surface area contributed by atoms with E-state index in [2.05, 4.69) is 15.5 Å². The molecule has 1 aromatic carbocycles. The molecule has 0 radical (unpaired) electrons. The maximum atomic E-state index is 14.5. The topological polar surface area (TPSA) is 204 Å². The van der Waals surface area contributed by atoms with Gasteiger partial charge in [-0.1, -0.05) is 38.5 Å². The molecule has 17 heteroatoms. The number of cyclic esters (lactones) is 1. The van der Waals surface area contributed by atoms with E-state index in [1.54, 1.807) is 34.6 Å². The van der Waals surface area contributed by atoms with Crippen LogP contribution in [0.25, 0.3) is 0 Å². The molecule has 1 aromatic rings. The number of esters is 1. The highest BCUT2D eigenvalue weighted by Crippen LogP contribution is 2.40. The number of benzene rings is 1. The van der Waals surface area contributed by atoms with E-state index < -0.39 is 96.0 Å². The van der Waals surface area contributed by atoms with Crippen LogP contribution in [-0.2, 0) is 33.2 Å². The molecule has 3 aliphatic heterocycles. The van der Waals surface area contributed by atoms with Gasteiger partial charge in [0.15, 0.2) is 17.7 Å². The summed E-state index contributed by atoms with van der Waals surface area (Å²) < 4.78 is 38.1. The SMILES string of the molecule is CC[C@H]1OC(=O)[C@H](C)[C@@H](O[C@H]2C[C@@](C)(OC)[C@@H](O)[C@H](C)O2)[C@H](C)[C@@H](O[C@@H]2O[C@H](C)C[C@H](N(C)C)[C@H]2O)[C@](C)(O)C[C@@H](C)CN(CCCNC(=S)Nc2ccc(C)cc2)[C@H](C)[C@@H](O)[C@]1(C)O. The molecule has 0 saturated carbocycles. The quantitative estimate of drug-likeness (QED) is 0.0901. The molecule has 4 rings (SSSR count). The zero-order chi connectivity index (χ0) is 48.8. The maximum absolute atomic E-state index is 14.5. The van der Waals surface area contributed by atoms with Gasteiger partial charge < -0.3 is 69.5 Å². The summed E-state index contributed by atoms with van der Waals surface area (Å²) in [5, 5.41) is 66.9. The summed E-state index contributed by atoms with van der Waals surface area (Å²) in [7, 11) is 5.28. The molecule has 65 heavy (non-hydrogen) atoms. The van der Waals surface area contributed by atoms with Crippen molar-refractivity contribution < 1.29 is 58.7 Å². The molecule has 3 fully saturated rings. The summed E-state index contributed by atoms with van der Waals surface area (Å²) in [5.41, 5.74) is -2.54. The molecule has 0 spiro atoms. The van der Waals surface area contributed by atoms with Gasteiger partial charge in [0.2, 0.25) is 0 Å². The van der Waals surface area contributed by atoms with E-state index in [1.807, 2.05) is 77.9 Å². The van der Waals surface area contributed by atoms with Gasteiger partial charge in [-0.05, 0) is 125 Å². The lowest BCUT2D eigenvalue weighted by Crippen LogP contribution is -2.60. The number of aliphatic hydroxyl groups excluding tert-OH is 3. The van der Waals surface area contributed by atoms with E-state index in [4.69, 9.17) is 40.6 Å². The van der Waals surface area contributed by atoms with Crippen molar-refractivity contribution in [3.8, 4) is 0 Å². The minimum atomic E-state index is -1.88. The van der Waals surface area contributed by atoms with Crippen molar-refractivity contribution in [3.63, 3.8) is 0 Å². The third-order valence-corrected chi connectivity index (χ3v) is 14.5. The summed E-state index contributed by atoms with van der Waals surface area (Å²) >= 11 is 5.58. The van der Waals surface area contributed by atoms with Crippen molar-refractivity contribution in [3.05, 3.63) is 29.8 Å². The number of methoxy groups -OCH3 is 1. The highest BCUT2D eigenvalue weighted by molar-refractivity contribution is 7.80. The molecule has 3 aliphatic rings. The largest absolute Gasteiger partial charge is 0.459 e. The van der Waals surface area contributed by atoms with Gasteiger partial charge in [0, 0.05) is 56.9 Å². The van der Waals surface area contributed by atoms with Crippen LogP contribution in [-0.4, -0.2) is 178 Å².